The van der Waals surface area contributed by atoms with E-state index < -0.39 is 0 Å². The van der Waals surface area contributed by atoms with Gasteiger partial charge in [0.1, 0.15) is 28.7 Å². The number of nitrogens with zero attached hydrogens (tertiary/aromatic N) is 3. The van der Waals surface area contributed by atoms with Gasteiger partial charge in [-0.15, -0.1) is 0 Å². The van der Waals surface area contributed by atoms with Gasteiger partial charge in [0.15, 0.2) is 0 Å². The summed E-state index contributed by atoms with van der Waals surface area (Å²) in [5, 5.41) is 21.2. The number of aryl methyl sites for hydroxylation is 1. The molecule has 0 aliphatic rings. The van der Waals surface area contributed by atoms with Gasteiger partial charge in [0.25, 0.3) is 0 Å². The first-order valence-electron chi connectivity index (χ1n) is 7.16. The number of nitriles is 2. The highest BCUT2D eigenvalue weighted by Gasteiger charge is 2.13. The summed E-state index contributed by atoms with van der Waals surface area (Å²) in [5.74, 6) is 0.346. The molecule has 1 amide bonds. The molecule has 0 spiro atoms. The lowest BCUT2D eigenvalue weighted by Crippen LogP contribution is -2.15. The fraction of sp³-hybridized carbons (Fsp3) is 0.176. The SMILES string of the molecule is COc1ccc(C)cc1NC(=O)CSc1nc(N)c(C#N)cc1C#N. The van der Waals surface area contributed by atoms with Crippen LogP contribution in [0.3, 0.4) is 0 Å². The van der Waals surface area contributed by atoms with Crippen LogP contribution in [-0.2, 0) is 4.79 Å². The molecule has 0 atom stereocenters. The number of hydrogen-bond acceptors (Lipinski definition) is 7. The maximum absolute atomic E-state index is 12.2. The number of ether oxygens (including phenoxy) is 1. The molecule has 8 heteroatoms. The van der Waals surface area contributed by atoms with Crippen molar-refractivity contribution in [3.05, 3.63) is 41.0 Å². The quantitative estimate of drug-likeness (QED) is 0.791. The normalized spacial score (nSPS) is 9.76. The zero-order valence-electron chi connectivity index (χ0n) is 13.7. The van der Waals surface area contributed by atoms with Crippen molar-refractivity contribution in [2.24, 2.45) is 0 Å². The third-order valence-corrected chi connectivity index (χ3v) is 4.22. The van der Waals surface area contributed by atoms with Crippen LogP contribution in [0.2, 0.25) is 0 Å². The summed E-state index contributed by atoms with van der Waals surface area (Å²) in [6, 6.07) is 10.7. The second-order valence-corrected chi connectivity index (χ2v) is 6.00. The Morgan fingerprint density at radius 1 is 1.32 bits per heavy atom. The molecule has 126 valence electrons. The smallest absolute Gasteiger partial charge is 0.234 e. The maximum Gasteiger partial charge on any atom is 0.234 e. The van der Waals surface area contributed by atoms with Crippen molar-refractivity contribution < 1.29 is 9.53 Å². The lowest BCUT2D eigenvalue weighted by molar-refractivity contribution is -0.113. The van der Waals surface area contributed by atoms with Crippen molar-refractivity contribution in [1.82, 2.24) is 4.98 Å². The summed E-state index contributed by atoms with van der Waals surface area (Å²) in [4.78, 5) is 16.2. The van der Waals surface area contributed by atoms with Crippen LogP contribution in [0, 0.1) is 29.6 Å². The van der Waals surface area contributed by atoms with Crippen LogP contribution in [-0.4, -0.2) is 23.8 Å². The number of carbonyl (C=O) groups is 1. The number of nitrogens with two attached hydrogens (primary N) is 1. The summed E-state index contributed by atoms with van der Waals surface area (Å²) < 4.78 is 5.22. The lowest BCUT2D eigenvalue weighted by Gasteiger charge is -2.11. The Labute approximate surface area is 149 Å². The molecule has 0 aliphatic carbocycles. The number of amides is 1. The number of anilines is 2. The largest absolute Gasteiger partial charge is 0.495 e. The number of thioether (sulfide) groups is 1. The fourth-order valence-corrected chi connectivity index (χ4v) is 2.79. The average molecular weight is 353 g/mol. The number of methoxy groups -OCH3 is 1. The minimum Gasteiger partial charge on any atom is -0.495 e. The van der Waals surface area contributed by atoms with Crippen LogP contribution in [0.25, 0.3) is 0 Å². The van der Waals surface area contributed by atoms with Gasteiger partial charge in [0.2, 0.25) is 5.91 Å². The van der Waals surface area contributed by atoms with E-state index in [0.29, 0.717) is 16.5 Å². The van der Waals surface area contributed by atoms with Crippen molar-refractivity contribution in [3.63, 3.8) is 0 Å². The Balaban J connectivity index is 2.11. The number of nitrogen functional groups attached to an aromatic ring is 1. The molecular formula is C17H15N5O2S. The third kappa shape index (κ3) is 4.40. The highest BCUT2D eigenvalue weighted by Crippen LogP contribution is 2.27. The molecule has 1 aromatic heterocycles. The highest BCUT2D eigenvalue weighted by molar-refractivity contribution is 8.00. The Hall–Kier alpha value is -3.23. The van der Waals surface area contributed by atoms with Gasteiger partial charge in [-0.1, -0.05) is 17.8 Å². The van der Waals surface area contributed by atoms with Gasteiger partial charge in [0.05, 0.1) is 29.7 Å². The Bertz CT molecular complexity index is 899. The van der Waals surface area contributed by atoms with Crippen LogP contribution in [0.15, 0.2) is 29.3 Å². The predicted molar refractivity (Wildman–Crippen MR) is 95.2 cm³/mol. The number of aromatic nitrogens is 1. The van der Waals surface area contributed by atoms with E-state index in [-0.39, 0.29) is 28.6 Å². The molecule has 0 saturated heterocycles. The molecule has 25 heavy (non-hydrogen) atoms. The minimum atomic E-state index is -0.275. The molecule has 0 fully saturated rings. The Morgan fingerprint density at radius 2 is 2.04 bits per heavy atom. The molecule has 2 aromatic rings. The standard InChI is InChI=1S/C17H15N5O2S/c1-10-3-4-14(24-2)13(5-10)21-15(23)9-25-17-12(8-19)6-11(7-18)16(20)22-17/h3-6H,9H2,1-2H3,(H2,20,22)(H,21,23). The number of pyridine rings is 1. The molecule has 0 bridgehead atoms. The van der Waals surface area contributed by atoms with Gasteiger partial charge in [-0.2, -0.15) is 10.5 Å². The molecule has 1 aromatic carbocycles. The van der Waals surface area contributed by atoms with Gasteiger partial charge in [-0.3, -0.25) is 4.79 Å². The second kappa shape index (κ2) is 8.04. The van der Waals surface area contributed by atoms with E-state index in [2.05, 4.69) is 10.3 Å². The fourth-order valence-electron chi connectivity index (χ4n) is 2.03. The van der Waals surface area contributed by atoms with Gasteiger partial charge in [-0.05, 0) is 30.7 Å². The maximum atomic E-state index is 12.2. The number of hydrogen-bond donors (Lipinski definition) is 2. The zero-order chi connectivity index (χ0) is 18.4. The minimum absolute atomic E-state index is 0.0319. The Morgan fingerprint density at radius 3 is 2.68 bits per heavy atom. The van der Waals surface area contributed by atoms with Crippen LogP contribution in [0.1, 0.15) is 16.7 Å². The average Bonchev–Trinajstić information content (AvgIpc) is 2.60. The molecule has 7 nitrogen and oxygen atoms in total. The van der Waals surface area contributed by atoms with Crippen molar-refractivity contribution in [2.45, 2.75) is 11.9 Å². The summed E-state index contributed by atoms with van der Waals surface area (Å²) in [5.41, 5.74) is 7.56. The number of rotatable bonds is 5. The van der Waals surface area contributed by atoms with Gasteiger partial charge < -0.3 is 15.8 Å². The molecule has 1 heterocycles. The third-order valence-electron chi connectivity index (χ3n) is 3.23. The number of nitrogens with one attached hydrogen (secondary N) is 1. The summed E-state index contributed by atoms with van der Waals surface area (Å²) >= 11 is 1.07. The Kier molecular flexibility index (Phi) is 5.83. The van der Waals surface area contributed by atoms with Crippen molar-refractivity contribution in [1.29, 1.82) is 10.5 Å². The van der Waals surface area contributed by atoms with Crippen molar-refractivity contribution in [3.8, 4) is 17.9 Å². The first-order valence-corrected chi connectivity index (χ1v) is 8.15. The molecule has 2 rings (SSSR count). The highest BCUT2D eigenvalue weighted by atomic mass is 32.2. The van der Waals surface area contributed by atoms with E-state index in [9.17, 15) is 4.79 Å². The summed E-state index contributed by atoms with van der Waals surface area (Å²) in [7, 11) is 1.53. The molecule has 0 saturated carbocycles. The monoisotopic (exact) mass is 353 g/mol. The van der Waals surface area contributed by atoms with Crippen molar-refractivity contribution in [2.75, 3.05) is 23.9 Å². The van der Waals surface area contributed by atoms with Gasteiger partial charge in [0, 0.05) is 0 Å². The molecule has 3 N–H and O–H groups in total. The topological polar surface area (TPSA) is 125 Å². The first kappa shape index (κ1) is 18.1. The van der Waals surface area contributed by atoms with E-state index in [1.165, 1.54) is 13.2 Å². The number of benzene rings is 1. The van der Waals surface area contributed by atoms with Crippen molar-refractivity contribution >= 4 is 29.2 Å². The molecule has 0 radical (unpaired) electrons. The van der Waals surface area contributed by atoms with Crippen LogP contribution in [0.4, 0.5) is 11.5 Å². The first-order chi connectivity index (χ1) is 12.0. The van der Waals surface area contributed by atoms with Crippen LogP contribution >= 0.6 is 11.8 Å². The van der Waals surface area contributed by atoms with E-state index in [1.807, 2.05) is 25.1 Å². The molecule has 0 aliphatic heterocycles. The van der Waals surface area contributed by atoms with E-state index >= 15 is 0 Å². The second-order valence-electron chi connectivity index (χ2n) is 5.04. The van der Waals surface area contributed by atoms with E-state index in [1.54, 1.807) is 12.1 Å². The van der Waals surface area contributed by atoms with Crippen LogP contribution < -0.4 is 15.8 Å². The zero-order valence-corrected chi connectivity index (χ0v) is 14.5. The van der Waals surface area contributed by atoms with E-state index in [0.717, 1.165) is 17.3 Å². The van der Waals surface area contributed by atoms with Crippen LogP contribution in [0.5, 0.6) is 5.75 Å². The summed E-state index contributed by atoms with van der Waals surface area (Å²) in [6.45, 7) is 1.91. The van der Waals surface area contributed by atoms with Gasteiger partial charge >= 0.3 is 0 Å². The predicted octanol–water partition coefficient (Wildman–Crippen LogP) is 2.45. The number of carbonyl (C=O) groups excluding carboxylic acids is 1. The molecule has 0 unspecified atom stereocenters. The van der Waals surface area contributed by atoms with Gasteiger partial charge in [-0.25, -0.2) is 4.98 Å². The molecular weight excluding hydrogens is 338 g/mol. The lowest BCUT2D eigenvalue weighted by atomic mass is 10.2. The van der Waals surface area contributed by atoms with E-state index in [4.69, 9.17) is 21.0 Å². The summed E-state index contributed by atoms with van der Waals surface area (Å²) in [6.07, 6.45) is 0.